The molecule has 4 N–H and O–H groups in total. The maximum Gasteiger partial charge on any atom is 0.268 e. The van der Waals surface area contributed by atoms with E-state index < -0.39 is 0 Å². The molecule has 0 bridgehead atoms. The predicted octanol–water partition coefficient (Wildman–Crippen LogP) is 0.498. The van der Waals surface area contributed by atoms with Gasteiger partial charge in [0.2, 0.25) is 0 Å². The number of aryl methyl sites for hydroxylation is 1. The Labute approximate surface area is 121 Å². The number of nitrogens with two attached hydrogens (primary N) is 1. The minimum absolute atomic E-state index is 0.181. The molecule has 7 nitrogen and oxygen atoms in total. The minimum Gasteiger partial charge on any atom is -0.397 e. The monoisotopic (exact) mass is 287 g/mol. The zero-order valence-corrected chi connectivity index (χ0v) is 11.7. The van der Waals surface area contributed by atoms with Crippen LogP contribution in [-0.4, -0.2) is 20.4 Å². The second-order valence-electron chi connectivity index (χ2n) is 5.35. The summed E-state index contributed by atoms with van der Waals surface area (Å²) in [5, 5.41) is 2.75. The summed E-state index contributed by atoms with van der Waals surface area (Å²) in [4.78, 5) is 30.8. The van der Waals surface area contributed by atoms with Gasteiger partial charge in [-0.1, -0.05) is 0 Å². The maximum absolute atomic E-state index is 12.1. The highest BCUT2D eigenvalue weighted by Crippen LogP contribution is 2.37. The number of anilines is 1. The van der Waals surface area contributed by atoms with Crippen molar-refractivity contribution in [2.24, 2.45) is 7.05 Å². The van der Waals surface area contributed by atoms with Crippen molar-refractivity contribution in [3.05, 3.63) is 45.9 Å². The summed E-state index contributed by atoms with van der Waals surface area (Å²) in [6, 6.07) is 3.02. The van der Waals surface area contributed by atoms with E-state index in [1.54, 1.807) is 23.9 Å². The van der Waals surface area contributed by atoms with E-state index >= 15 is 0 Å². The van der Waals surface area contributed by atoms with Gasteiger partial charge in [-0.15, -0.1) is 0 Å². The Bertz CT molecular complexity index is 742. The fourth-order valence-electron chi connectivity index (χ4n) is 2.25. The Morgan fingerprint density at radius 3 is 2.90 bits per heavy atom. The second kappa shape index (κ2) is 5.08. The Morgan fingerprint density at radius 2 is 2.29 bits per heavy atom. The van der Waals surface area contributed by atoms with Gasteiger partial charge in [-0.05, 0) is 18.9 Å². The van der Waals surface area contributed by atoms with E-state index in [2.05, 4.69) is 15.3 Å². The first kappa shape index (κ1) is 13.4. The molecule has 7 heteroatoms. The lowest BCUT2D eigenvalue weighted by Crippen LogP contribution is -2.26. The fourth-order valence-corrected chi connectivity index (χ4v) is 2.25. The molecule has 1 saturated carbocycles. The molecule has 1 fully saturated rings. The summed E-state index contributed by atoms with van der Waals surface area (Å²) in [6.07, 6.45) is 3.79. The molecule has 2 heterocycles. The van der Waals surface area contributed by atoms with Crippen LogP contribution < -0.4 is 16.6 Å². The van der Waals surface area contributed by atoms with Crippen molar-refractivity contribution >= 4 is 11.6 Å². The highest BCUT2D eigenvalue weighted by atomic mass is 16.2. The first-order valence-electron chi connectivity index (χ1n) is 6.83. The smallest absolute Gasteiger partial charge is 0.268 e. The summed E-state index contributed by atoms with van der Waals surface area (Å²) in [5.74, 6) is 0.833. The van der Waals surface area contributed by atoms with E-state index in [0.717, 1.165) is 18.7 Å². The van der Waals surface area contributed by atoms with Crippen molar-refractivity contribution in [2.75, 3.05) is 5.73 Å². The highest BCUT2D eigenvalue weighted by molar-refractivity contribution is 5.93. The zero-order chi connectivity index (χ0) is 15.0. The van der Waals surface area contributed by atoms with Crippen LogP contribution in [0.2, 0.25) is 0 Å². The van der Waals surface area contributed by atoms with E-state index in [-0.39, 0.29) is 18.0 Å². The minimum atomic E-state index is -0.246. The van der Waals surface area contributed by atoms with Gasteiger partial charge in [0, 0.05) is 25.2 Å². The number of H-pyrrole nitrogens is 1. The third-order valence-electron chi connectivity index (χ3n) is 3.47. The topological polar surface area (TPSA) is 106 Å². The van der Waals surface area contributed by atoms with E-state index in [4.69, 9.17) is 5.73 Å². The number of nitrogen functional groups attached to an aromatic ring is 1. The number of nitrogens with zero attached hydrogens (tertiary/aromatic N) is 2. The molecule has 1 aliphatic carbocycles. The van der Waals surface area contributed by atoms with Crippen molar-refractivity contribution in [1.82, 2.24) is 19.9 Å². The van der Waals surface area contributed by atoms with Gasteiger partial charge in [-0.3, -0.25) is 9.59 Å². The van der Waals surface area contributed by atoms with Gasteiger partial charge in [0.25, 0.3) is 11.5 Å². The second-order valence-corrected chi connectivity index (χ2v) is 5.35. The number of aromatic amines is 1. The Balaban J connectivity index is 1.71. The molecule has 0 aliphatic heterocycles. The van der Waals surface area contributed by atoms with Crippen molar-refractivity contribution in [3.63, 3.8) is 0 Å². The van der Waals surface area contributed by atoms with Crippen LogP contribution in [0.4, 0.5) is 5.69 Å². The van der Waals surface area contributed by atoms with Crippen LogP contribution >= 0.6 is 0 Å². The average molecular weight is 287 g/mol. The van der Waals surface area contributed by atoms with E-state index in [1.165, 1.54) is 6.07 Å². The number of hydrogen-bond donors (Lipinski definition) is 3. The van der Waals surface area contributed by atoms with E-state index in [0.29, 0.717) is 23.0 Å². The van der Waals surface area contributed by atoms with Gasteiger partial charge in [-0.2, -0.15) is 0 Å². The first-order valence-corrected chi connectivity index (χ1v) is 6.83. The lowest BCUT2D eigenvalue weighted by molar-refractivity contribution is 0.0942. The van der Waals surface area contributed by atoms with E-state index in [1.807, 2.05) is 0 Å². The van der Waals surface area contributed by atoms with Crippen LogP contribution in [0.25, 0.3) is 0 Å². The van der Waals surface area contributed by atoms with Crippen LogP contribution in [0.15, 0.2) is 23.1 Å². The molecule has 1 amide bonds. The molecule has 21 heavy (non-hydrogen) atoms. The molecule has 1 aliphatic rings. The standard InChI is InChI=1S/C14H17N5O2/c1-19-7-9(15)4-11(19)14(21)16-6-10-5-12(20)18-13(17-10)8-2-3-8/h4-5,7-8H,2-3,6,15H2,1H3,(H,16,21)(H,17,18,20). The van der Waals surface area contributed by atoms with Gasteiger partial charge >= 0.3 is 0 Å². The maximum atomic E-state index is 12.1. The number of aromatic nitrogens is 3. The molecular formula is C14H17N5O2. The normalized spacial score (nSPS) is 14.1. The first-order chi connectivity index (χ1) is 10.0. The molecule has 0 saturated heterocycles. The van der Waals surface area contributed by atoms with Crippen LogP contribution in [0.5, 0.6) is 0 Å². The molecule has 0 radical (unpaired) electrons. The Morgan fingerprint density at radius 1 is 1.52 bits per heavy atom. The molecule has 0 aromatic carbocycles. The lowest BCUT2D eigenvalue weighted by atomic mass is 10.3. The summed E-state index contributed by atoms with van der Waals surface area (Å²) in [5.41, 5.74) is 7.04. The van der Waals surface area contributed by atoms with Crippen molar-refractivity contribution in [1.29, 1.82) is 0 Å². The van der Waals surface area contributed by atoms with Gasteiger partial charge in [0.15, 0.2) is 0 Å². The molecular weight excluding hydrogens is 270 g/mol. The molecule has 0 atom stereocenters. The van der Waals surface area contributed by atoms with Crippen LogP contribution in [0, 0.1) is 0 Å². The Hall–Kier alpha value is -2.57. The number of carbonyl (C=O) groups is 1. The third-order valence-corrected chi connectivity index (χ3v) is 3.47. The summed E-state index contributed by atoms with van der Waals surface area (Å²) >= 11 is 0. The van der Waals surface area contributed by atoms with Gasteiger partial charge < -0.3 is 20.6 Å². The van der Waals surface area contributed by atoms with Gasteiger partial charge in [0.05, 0.1) is 17.9 Å². The number of amides is 1. The zero-order valence-electron chi connectivity index (χ0n) is 11.7. The summed E-state index contributed by atoms with van der Waals surface area (Å²) in [6.45, 7) is 0.216. The third kappa shape index (κ3) is 2.96. The molecule has 2 aromatic heterocycles. The average Bonchev–Trinajstić information content (AvgIpc) is 3.21. The van der Waals surface area contributed by atoms with Crippen molar-refractivity contribution in [3.8, 4) is 0 Å². The van der Waals surface area contributed by atoms with E-state index in [9.17, 15) is 9.59 Å². The van der Waals surface area contributed by atoms with Crippen molar-refractivity contribution in [2.45, 2.75) is 25.3 Å². The van der Waals surface area contributed by atoms with Crippen LogP contribution in [-0.2, 0) is 13.6 Å². The molecule has 0 unspecified atom stereocenters. The Kier molecular flexibility index (Phi) is 3.25. The van der Waals surface area contributed by atoms with Gasteiger partial charge in [0.1, 0.15) is 11.5 Å². The lowest BCUT2D eigenvalue weighted by Gasteiger charge is -2.06. The number of rotatable bonds is 4. The van der Waals surface area contributed by atoms with Gasteiger partial charge in [-0.25, -0.2) is 4.98 Å². The van der Waals surface area contributed by atoms with Crippen molar-refractivity contribution < 1.29 is 4.79 Å². The molecule has 2 aromatic rings. The summed E-state index contributed by atoms with van der Waals surface area (Å²) < 4.78 is 1.66. The number of hydrogen-bond acceptors (Lipinski definition) is 4. The van der Waals surface area contributed by atoms with Crippen LogP contribution in [0.1, 0.15) is 40.8 Å². The predicted molar refractivity (Wildman–Crippen MR) is 77.8 cm³/mol. The number of carbonyl (C=O) groups excluding carboxylic acids is 1. The SMILES string of the molecule is Cn1cc(N)cc1C(=O)NCc1cc(=O)[nH]c(C2CC2)n1. The number of nitrogens with one attached hydrogen (secondary N) is 2. The summed E-state index contributed by atoms with van der Waals surface area (Å²) in [7, 11) is 1.75. The molecule has 0 spiro atoms. The largest absolute Gasteiger partial charge is 0.397 e. The molecule has 110 valence electrons. The van der Waals surface area contributed by atoms with Crippen LogP contribution in [0.3, 0.4) is 0 Å². The quantitative estimate of drug-likeness (QED) is 0.761. The fraction of sp³-hybridized carbons (Fsp3) is 0.357. The molecule has 3 rings (SSSR count). The highest BCUT2D eigenvalue weighted by Gasteiger charge is 2.26.